The Bertz CT molecular complexity index is 1570. The number of aromatic nitrogens is 8. The number of rotatable bonds is 3. The van der Waals surface area contributed by atoms with Crippen molar-refractivity contribution in [1.29, 1.82) is 0 Å². The molecule has 7 rings (SSSR count). The maximum Gasteiger partial charge on any atom is 0.237 e. The lowest BCUT2D eigenvalue weighted by molar-refractivity contribution is 0.381. The first-order valence-electron chi connectivity index (χ1n) is 11.7. The van der Waals surface area contributed by atoms with Gasteiger partial charge in [-0.2, -0.15) is 4.98 Å². The van der Waals surface area contributed by atoms with Crippen LogP contribution in [-0.4, -0.2) is 45.8 Å². The fraction of sp³-hybridized carbons (Fsp3) is 0.280. The number of pyridine rings is 1. The third kappa shape index (κ3) is 2.49. The molecular formula is C25H23N9. The molecule has 0 saturated carbocycles. The van der Waals surface area contributed by atoms with Gasteiger partial charge in [-0.1, -0.05) is 25.1 Å². The minimum atomic E-state index is -0.181. The number of aryl methyl sites for hydroxylation is 1. The minimum Gasteiger partial charge on any atom is -0.342 e. The summed E-state index contributed by atoms with van der Waals surface area (Å²) in [5.74, 6) is 4.14. The second-order valence-electron chi connectivity index (χ2n) is 8.96. The molecular weight excluding hydrogens is 426 g/mol. The van der Waals surface area contributed by atoms with Gasteiger partial charge < -0.3 is 4.90 Å². The van der Waals surface area contributed by atoms with E-state index in [1.165, 1.54) is 0 Å². The van der Waals surface area contributed by atoms with Crippen LogP contribution in [0.25, 0.3) is 33.9 Å². The molecule has 34 heavy (non-hydrogen) atoms. The van der Waals surface area contributed by atoms with Crippen molar-refractivity contribution in [3.8, 4) is 23.0 Å². The number of hydrogen-bond acceptors (Lipinski definition) is 7. The Morgan fingerprint density at radius 3 is 2.88 bits per heavy atom. The Kier molecular flexibility index (Phi) is 3.94. The van der Waals surface area contributed by atoms with Crippen molar-refractivity contribution in [3.63, 3.8) is 0 Å². The molecule has 9 nitrogen and oxygen atoms in total. The minimum absolute atomic E-state index is 0.181. The number of hydrogen-bond donors (Lipinski definition) is 0. The normalized spacial score (nSPS) is 18.7. The molecule has 0 bridgehead atoms. The first kappa shape index (κ1) is 19.3. The van der Waals surface area contributed by atoms with Crippen LogP contribution in [-0.2, 0) is 5.54 Å². The summed E-state index contributed by atoms with van der Waals surface area (Å²) in [7, 11) is 0. The van der Waals surface area contributed by atoms with Crippen molar-refractivity contribution in [2.24, 2.45) is 0 Å². The van der Waals surface area contributed by atoms with E-state index in [0.29, 0.717) is 5.95 Å². The number of para-hydroxylation sites is 1. The van der Waals surface area contributed by atoms with Crippen LogP contribution < -0.4 is 4.90 Å². The average molecular weight is 450 g/mol. The molecule has 1 atom stereocenters. The zero-order valence-corrected chi connectivity index (χ0v) is 19.0. The Morgan fingerprint density at radius 2 is 1.97 bits per heavy atom. The lowest BCUT2D eigenvalue weighted by Gasteiger charge is -2.42. The topological polar surface area (TPSA) is 90.4 Å². The fourth-order valence-corrected chi connectivity index (χ4v) is 5.60. The second-order valence-corrected chi connectivity index (χ2v) is 8.96. The van der Waals surface area contributed by atoms with Crippen molar-refractivity contribution < 1.29 is 0 Å². The highest BCUT2D eigenvalue weighted by Crippen LogP contribution is 2.49. The van der Waals surface area contributed by atoms with Gasteiger partial charge in [0.25, 0.3) is 0 Å². The predicted molar refractivity (Wildman–Crippen MR) is 128 cm³/mol. The number of nitrogens with zero attached hydrogens (tertiary/aromatic N) is 9. The molecule has 0 unspecified atom stereocenters. The molecule has 5 aromatic rings. The zero-order valence-electron chi connectivity index (χ0n) is 19.0. The van der Waals surface area contributed by atoms with Gasteiger partial charge in [-0.3, -0.25) is 14.1 Å². The lowest BCUT2D eigenvalue weighted by Crippen LogP contribution is -2.47. The summed E-state index contributed by atoms with van der Waals surface area (Å²) in [4.78, 5) is 21.5. The van der Waals surface area contributed by atoms with E-state index in [1.807, 2.05) is 48.3 Å². The molecule has 6 heterocycles. The molecule has 2 aliphatic heterocycles. The van der Waals surface area contributed by atoms with Crippen LogP contribution in [0.4, 0.5) is 5.82 Å². The van der Waals surface area contributed by atoms with Crippen molar-refractivity contribution in [2.45, 2.75) is 38.6 Å². The van der Waals surface area contributed by atoms with Gasteiger partial charge in [0.15, 0.2) is 11.6 Å². The summed E-state index contributed by atoms with van der Waals surface area (Å²) in [5.41, 5.74) is 2.63. The molecule has 1 aromatic carbocycles. The summed E-state index contributed by atoms with van der Waals surface area (Å²) in [6.07, 6.45) is 10.5. The van der Waals surface area contributed by atoms with Crippen molar-refractivity contribution in [3.05, 3.63) is 66.8 Å². The molecule has 0 spiro atoms. The first-order chi connectivity index (χ1) is 16.7. The lowest BCUT2D eigenvalue weighted by atomic mass is 9.90. The van der Waals surface area contributed by atoms with Crippen LogP contribution in [0.1, 0.15) is 37.8 Å². The van der Waals surface area contributed by atoms with Crippen LogP contribution in [0.15, 0.2) is 55.1 Å². The highest BCUT2D eigenvalue weighted by molar-refractivity contribution is 5.82. The van der Waals surface area contributed by atoms with E-state index in [-0.39, 0.29) is 5.54 Å². The van der Waals surface area contributed by atoms with E-state index in [4.69, 9.17) is 9.97 Å². The highest BCUT2D eigenvalue weighted by atomic mass is 15.4. The Balaban J connectivity index is 1.39. The third-order valence-corrected chi connectivity index (χ3v) is 7.25. The molecule has 0 aliphatic carbocycles. The van der Waals surface area contributed by atoms with E-state index in [0.717, 1.165) is 71.3 Å². The summed E-state index contributed by atoms with van der Waals surface area (Å²) < 4.78 is 4.07. The molecule has 0 N–H and O–H groups in total. The molecule has 168 valence electrons. The van der Waals surface area contributed by atoms with Crippen LogP contribution in [0.3, 0.4) is 0 Å². The summed E-state index contributed by atoms with van der Waals surface area (Å²) in [6.45, 7) is 5.15. The van der Waals surface area contributed by atoms with E-state index >= 15 is 0 Å². The maximum absolute atomic E-state index is 5.10. The van der Waals surface area contributed by atoms with Crippen LogP contribution in [0.2, 0.25) is 0 Å². The van der Waals surface area contributed by atoms with Crippen molar-refractivity contribution >= 4 is 16.7 Å². The standard InChI is InChI=1S/C25H23N9/c1-3-25-9-6-11-33(25)22-20(34-16(2)30-31-23(25)34)15-28-24(29-22)32-12-10-26-21(32)18-13-17-7-4-5-8-19(17)27-14-18/h4-5,7-8,10,12-15H,3,6,9,11H2,1-2H3/t25-/m0/s1. The largest absolute Gasteiger partial charge is 0.342 e. The summed E-state index contributed by atoms with van der Waals surface area (Å²) >= 11 is 0. The van der Waals surface area contributed by atoms with Gasteiger partial charge in [0, 0.05) is 36.1 Å². The number of fused-ring (bicyclic) bond motifs is 7. The second kappa shape index (κ2) is 6.93. The van der Waals surface area contributed by atoms with Gasteiger partial charge in [0.1, 0.15) is 22.9 Å². The van der Waals surface area contributed by atoms with Gasteiger partial charge in [-0.25, -0.2) is 9.97 Å². The number of anilines is 1. The van der Waals surface area contributed by atoms with E-state index in [1.54, 1.807) is 6.20 Å². The third-order valence-electron chi connectivity index (χ3n) is 7.25. The summed E-state index contributed by atoms with van der Waals surface area (Å²) in [6, 6.07) is 10.2. The Labute approximate surface area is 196 Å². The smallest absolute Gasteiger partial charge is 0.237 e. The molecule has 1 fully saturated rings. The van der Waals surface area contributed by atoms with Gasteiger partial charge in [-0.15, -0.1) is 10.2 Å². The molecule has 1 saturated heterocycles. The van der Waals surface area contributed by atoms with Gasteiger partial charge in [0.05, 0.1) is 11.7 Å². The van der Waals surface area contributed by atoms with Gasteiger partial charge in [0.2, 0.25) is 5.95 Å². The molecule has 0 amide bonds. The average Bonchev–Trinajstić information content (AvgIpc) is 3.62. The Hall–Kier alpha value is -4.14. The van der Waals surface area contributed by atoms with Crippen LogP contribution in [0.5, 0.6) is 0 Å². The van der Waals surface area contributed by atoms with E-state index in [9.17, 15) is 0 Å². The van der Waals surface area contributed by atoms with Gasteiger partial charge >= 0.3 is 0 Å². The van der Waals surface area contributed by atoms with E-state index < -0.39 is 0 Å². The predicted octanol–water partition coefficient (Wildman–Crippen LogP) is 3.99. The zero-order chi connectivity index (χ0) is 22.9. The Morgan fingerprint density at radius 1 is 1.06 bits per heavy atom. The van der Waals surface area contributed by atoms with Crippen LogP contribution in [0, 0.1) is 6.92 Å². The summed E-state index contributed by atoms with van der Waals surface area (Å²) in [5, 5.41) is 10.1. The van der Waals surface area contributed by atoms with Crippen LogP contribution >= 0.6 is 0 Å². The first-order valence-corrected chi connectivity index (χ1v) is 11.7. The number of benzene rings is 1. The molecule has 9 heteroatoms. The molecule has 0 radical (unpaired) electrons. The van der Waals surface area contributed by atoms with E-state index in [2.05, 4.69) is 48.7 Å². The van der Waals surface area contributed by atoms with Crippen molar-refractivity contribution in [2.75, 3.05) is 11.4 Å². The fourth-order valence-electron chi connectivity index (χ4n) is 5.60. The molecule has 2 aliphatic rings. The quantitative estimate of drug-likeness (QED) is 0.411. The number of imidazole rings is 1. The van der Waals surface area contributed by atoms with Gasteiger partial charge in [-0.05, 0) is 38.3 Å². The molecule has 4 aromatic heterocycles. The SMILES string of the molecule is CC[C@@]12CCCN1c1nc(-n3ccnc3-c3cnc4ccccc4c3)ncc1-n1c(C)nnc12. The highest BCUT2D eigenvalue weighted by Gasteiger charge is 2.50. The van der Waals surface area contributed by atoms with Crippen molar-refractivity contribution in [1.82, 2.24) is 39.3 Å². The maximum atomic E-state index is 5.10. The monoisotopic (exact) mass is 449 g/mol.